The molecule has 7 nitrogen and oxygen atoms in total. The Morgan fingerprint density at radius 1 is 1.28 bits per heavy atom. The highest BCUT2D eigenvalue weighted by molar-refractivity contribution is 7.89. The molecule has 2 heterocycles. The molecule has 1 fully saturated rings. The number of sulfonamides is 1. The summed E-state index contributed by atoms with van der Waals surface area (Å²) in [6.07, 6.45) is 1.61. The number of ether oxygens (including phenoxy) is 1. The molecule has 10 heteroatoms. The van der Waals surface area contributed by atoms with E-state index < -0.39 is 15.9 Å². The van der Waals surface area contributed by atoms with Gasteiger partial charge in [-0.2, -0.15) is 0 Å². The third-order valence-electron chi connectivity index (χ3n) is 4.50. The molecule has 2 aromatic carbocycles. The van der Waals surface area contributed by atoms with Gasteiger partial charge in [-0.25, -0.2) is 22.5 Å². The maximum atomic E-state index is 13.3. The fourth-order valence-corrected chi connectivity index (χ4v) is 5.01. The fourth-order valence-electron chi connectivity index (χ4n) is 3.02. The predicted octanol–water partition coefficient (Wildman–Crippen LogP) is 3.15. The Morgan fingerprint density at radius 3 is 2.93 bits per heavy atom. The first-order valence-corrected chi connectivity index (χ1v) is 11.3. The molecule has 4 rings (SSSR count). The number of nitrogens with zero attached hydrogens (tertiary/aromatic N) is 1. The summed E-state index contributed by atoms with van der Waals surface area (Å²) in [7, 11) is -3.77. The number of halogens is 1. The van der Waals surface area contributed by atoms with E-state index in [1.807, 2.05) is 0 Å². The Kier molecular flexibility index (Phi) is 5.59. The van der Waals surface area contributed by atoms with Crippen molar-refractivity contribution in [3.63, 3.8) is 0 Å². The summed E-state index contributed by atoms with van der Waals surface area (Å²) in [4.78, 5) is 16.8. The van der Waals surface area contributed by atoms with Crippen LogP contribution in [0.2, 0.25) is 0 Å². The molecule has 1 aliphatic heterocycles. The zero-order valence-corrected chi connectivity index (χ0v) is 16.9. The molecule has 3 aromatic rings. The first-order chi connectivity index (χ1) is 13.9. The molecular formula is C19H18FN3O4S2. The minimum atomic E-state index is -3.77. The van der Waals surface area contributed by atoms with Gasteiger partial charge in [0, 0.05) is 18.7 Å². The summed E-state index contributed by atoms with van der Waals surface area (Å²) in [6, 6.07) is 9.92. The first-order valence-electron chi connectivity index (χ1n) is 8.99. The van der Waals surface area contributed by atoms with E-state index >= 15 is 0 Å². The SMILES string of the molecule is O=C(Nc1nc2ccc(F)cc2s1)c1cccc(S(=O)(=O)NC[C@@H]2CCCO2)c1. The molecule has 0 radical (unpaired) electrons. The van der Waals surface area contributed by atoms with Crippen LogP contribution in [-0.4, -0.2) is 38.6 Å². The maximum Gasteiger partial charge on any atom is 0.257 e. The second-order valence-corrected chi connectivity index (χ2v) is 9.40. The number of aromatic nitrogens is 1. The molecule has 1 aromatic heterocycles. The monoisotopic (exact) mass is 435 g/mol. The quantitative estimate of drug-likeness (QED) is 0.620. The number of carbonyl (C=O) groups excluding carboxylic acids is 1. The molecule has 1 atom stereocenters. The lowest BCUT2D eigenvalue weighted by atomic mass is 10.2. The minimum Gasteiger partial charge on any atom is -0.377 e. The van der Waals surface area contributed by atoms with E-state index in [2.05, 4.69) is 15.0 Å². The smallest absolute Gasteiger partial charge is 0.257 e. The van der Waals surface area contributed by atoms with Crippen LogP contribution in [-0.2, 0) is 14.8 Å². The van der Waals surface area contributed by atoms with Crippen LogP contribution < -0.4 is 10.0 Å². The van der Waals surface area contributed by atoms with Crippen molar-refractivity contribution < 1.29 is 22.3 Å². The predicted molar refractivity (Wildman–Crippen MR) is 108 cm³/mol. The molecule has 0 unspecified atom stereocenters. The third kappa shape index (κ3) is 4.61. The van der Waals surface area contributed by atoms with Gasteiger partial charge in [0.05, 0.1) is 21.2 Å². The van der Waals surface area contributed by atoms with Crippen LogP contribution in [0, 0.1) is 5.82 Å². The summed E-state index contributed by atoms with van der Waals surface area (Å²) >= 11 is 1.14. The number of nitrogens with one attached hydrogen (secondary N) is 2. The third-order valence-corrected chi connectivity index (χ3v) is 6.86. The number of benzene rings is 2. The second kappa shape index (κ2) is 8.15. The lowest BCUT2D eigenvalue weighted by molar-refractivity contribution is 0.102. The molecular weight excluding hydrogens is 417 g/mol. The van der Waals surface area contributed by atoms with E-state index in [0.717, 1.165) is 24.2 Å². The van der Waals surface area contributed by atoms with Gasteiger partial charge in [0.2, 0.25) is 10.0 Å². The van der Waals surface area contributed by atoms with Crippen molar-refractivity contribution >= 4 is 42.6 Å². The number of hydrogen-bond donors (Lipinski definition) is 2. The van der Waals surface area contributed by atoms with Crippen LogP contribution in [0.25, 0.3) is 10.2 Å². The van der Waals surface area contributed by atoms with Gasteiger partial charge in [0.1, 0.15) is 5.82 Å². The summed E-state index contributed by atoms with van der Waals surface area (Å²) in [5.41, 5.74) is 0.747. The number of fused-ring (bicyclic) bond motifs is 1. The Balaban J connectivity index is 1.48. The number of rotatable bonds is 6. The number of amides is 1. The van der Waals surface area contributed by atoms with Crippen molar-refractivity contribution in [3.8, 4) is 0 Å². The Morgan fingerprint density at radius 2 is 2.14 bits per heavy atom. The van der Waals surface area contributed by atoms with Gasteiger partial charge >= 0.3 is 0 Å². The van der Waals surface area contributed by atoms with Gasteiger partial charge in [-0.15, -0.1) is 0 Å². The zero-order valence-electron chi connectivity index (χ0n) is 15.2. The van der Waals surface area contributed by atoms with Crippen molar-refractivity contribution in [2.45, 2.75) is 23.8 Å². The van der Waals surface area contributed by atoms with Crippen molar-refractivity contribution in [1.82, 2.24) is 9.71 Å². The Bertz CT molecular complexity index is 1160. The van der Waals surface area contributed by atoms with Gasteiger partial charge in [0.25, 0.3) is 5.91 Å². The Labute approximate surface area is 171 Å². The van der Waals surface area contributed by atoms with Crippen molar-refractivity contribution in [2.75, 3.05) is 18.5 Å². The number of anilines is 1. The van der Waals surface area contributed by atoms with Gasteiger partial charge in [-0.3, -0.25) is 10.1 Å². The topological polar surface area (TPSA) is 97.4 Å². The summed E-state index contributed by atoms with van der Waals surface area (Å²) in [6.45, 7) is 0.835. The normalized spacial score (nSPS) is 16.9. The summed E-state index contributed by atoms with van der Waals surface area (Å²) in [5, 5.41) is 2.94. The lowest BCUT2D eigenvalue weighted by Crippen LogP contribution is -2.32. The molecule has 0 bridgehead atoms. The molecule has 0 aliphatic carbocycles. The van der Waals surface area contributed by atoms with E-state index in [9.17, 15) is 17.6 Å². The van der Waals surface area contributed by atoms with Crippen molar-refractivity contribution in [3.05, 3.63) is 53.8 Å². The van der Waals surface area contributed by atoms with Crippen molar-refractivity contribution in [2.24, 2.45) is 0 Å². The molecule has 1 saturated heterocycles. The average Bonchev–Trinajstić information content (AvgIpc) is 3.35. The number of carbonyl (C=O) groups is 1. The Hall–Kier alpha value is -2.40. The van der Waals surface area contributed by atoms with Gasteiger partial charge in [0.15, 0.2) is 5.13 Å². The standard InChI is InChI=1S/C19H18FN3O4S2/c20-13-6-7-16-17(10-13)28-19(22-16)23-18(24)12-3-1-5-15(9-12)29(25,26)21-11-14-4-2-8-27-14/h1,3,5-7,9-10,14,21H,2,4,8,11H2,(H,22,23,24)/t14-/m0/s1. The molecule has 152 valence electrons. The maximum absolute atomic E-state index is 13.3. The molecule has 1 amide bonds. The van der Waals surface area contributed by atoms with Crippen LogP contribution in [0.5, 0.6) is 0 Å². The van der Waals surface area contributed by atoms with E-state index in [4.69, 9.17) is 4.74 Å². The highest BCUT2D eigenvalue weighted by atomic mass is 32.2. The summed E-state index contributed by atoms with van der Waals surface area (Å²) < 4.78 is 46.9. The van der Waals surface area contributed by atoms with Crippen LogP contribution in [0.3, 0.4) is 0 Å². The van der Waals surface area contributed by atoms with E-state index in [0.29, 0.717) is 22.0 Å². The minimum absolute atomic E-state index is 0.00508. The van der Waals surface area contributed by atoms with Crippen LogP contribution in [0.1, 0.15) is 23.2 Å². The van der Waals surface area contributed by atoms with Crippen molar-refractivity contribution in [1.29, 1.82) is 0 Å². The van der Waals surface area contributed by atoms with E-state index in [-0.39, 0.29) is 28.9 Å². The highest BCUT2D eigenvalue weighted by Crippen LogP contribution is 2.27. The molecule has 29 heavy (non-hydrogen) atoms. The second-order valence-electron chi connectivity index (χ2n) is 6.60. The number of thiazole rings is 1. The summed E-state index contributed by atoms with van der Waals surface area (Å²) in [5.74, 6) is -0.881. The number of hydrogen-bond acceptors (Lipinski definition) is 6. The van der Waals surface area contributed by atoms with Crippen LogP contribution in [0.4, 0.5) is 9.52 Å². The average molecular weight is 436 g/mol. The lowest BCUT2D eigenvalue weighted by Gasteiger charge is -2.12. The van der Waals surface area contributed by atoms with E-state index in [1.54, 1.807) is 0 Å². The molecule has 2 N–H and O–H groups in total. The van der Waals surface area contributed by atoms with Crippen LogP contribution in [0.15, 0.2) is 47.4 Å². The highest BCUT2D eigenvalue weighted by Gasteiger charge is 2.21. The van der Waals surface area contributed by atoms with Gasteiger partial charge in [-0.1, -0.05) is 17.4 Å². The molecule has 0 saturated carbocycles. The van der Waals surface area contributed by atoms with Gasteiger partial charge < -0.3 is 4.74 Å². The largest absolute Gasteiger partial charge is 0.377 e. The van der Waals surface area contributed by atoms with Crippen LogP contribution >= 0.6 is 11.3 Å². The molecule has 0 spiro atoms. The fraction of sp³-hybridized carbons (Fsp3) is 0.263. The van der Waals surface area contributed by atoms with E-state index in [1.165, 1.54) is 42.5 Å². The zero-order chi connectivity index (χ0) is 20.4. The molecule has 1 aliphatic rings. The first kappa shape index (κ1) is 19.9. The van der Waals surface area contributed by atoms with Gasteiger partial charge in [-0.05, 0) is 49.2 Å².